The van der Waals surface area contributed by atoms with Gasteiger partial charge in [-0.15, -0.1) is 0 Å². The Hall–Kier alpha value is -3.75. The summed E-state index contributed by atoms with van der Waals surface area (Å²) in [6, 6.07) is 11.3. The molecular weight excluding hydrogens is 352 g/mol. The standard InChI is InChI=1S/C18H16N4O5/c1-11-3-4-12(2)15(9-11)17-18(21-27-20-17)19-16(23)10-26-14-7-5-13(6-8-14)22(24)25/h3-9H,10H2,1-2H3,(H,19,21,23). The van der Waals surface area contributed by atoms with E-state index in [0.29, 0.717) is 11.4 Å². The molecular formula is C18H16N4O5. The molecule has 0 aliphatic rings. The van der Waals surface area contributed by atoms with E-state index in [0.717, 1.165) is 16.7 Å². The Labute approximate surface area is 154 Å². The Morgan fingerprint density at radius 2 is 1.93 bits per heavy atom. The number of carbonyl (C=O) groups excluding carboxylic acids is 1. The number of nitro benzene ring substituents is 1. The Bertz CT molecular complexity index is 982. The van der Waals surface area contributed by atoms with Crippen LogP contribution in [0.3, 0.4) is 0 Å². The van der Waals surface area contributed by atoms with Crippen LogP contribution in [0.2, 0.25) is 0 Å². The maximum Gasteiger partial charge on any atom is 0.269 e. The molecule has 0 fully saturated rings. The van der Waals surface area contributed by atoms with Crippen LogP contribution in [0.25, 0.3) is 11.3 Å². The first-order valence-corrected chi connectivity index (χ1v) is 8.01. The minimum absolute atomic E-state index is 0.0568. The zero-order valence-electron chi connectivity index (χ0n) is 14.6. The van der Waals surface area contributed by atoms with Crippen LogP contribution in [-0.2, 0) is 4.79 Å². The van der Waals surface area contributed by atoms with E-state index in [1.54, 1.807) is 0 Å². The number of amides is 1. The molecule has 2 aromatic carbocycles. The number of aromatic nitrogens is 2. The summed E-state index contributed by atoms with van der Waals surface area (Å²) in [4.78, 5) is 22.3. The van der Waals surface area contributed by atoms with Crippen molar-refractivity contribution in [1.29, 1.82) is 0 Å². The third-order valence-electron chi connectivity index (χ3n) is 3.81. The number of non-ortho nitro benzene ring substituents is 1. The van der Waals surface area contributed by atoms with Crippen molar-refractivity contribution >= 4 is 17.4 Å². The van der Waals surface area contributed by atoms with Crippen molar-refractivity contribution in [1.82, 2.24) is 10.3 Å². The van der Waals surface area contributed by atoms with Crippen LogP contribution in [0, 0.1) is 24.0 Å². The van der Waals surface area contributed by atoms with Crippen molar-refractivity contribution < 1.29 is 19.1 Å². The lowest BCUT2D eigenvalue weighted by atomic mass is 10.0. The van der Waals surface area contributed by atoms with Crippen LogP contribution in [0.5, 0.6) is 5.75 Å². The van der Waals surface area contributed by atoms with Crippen molar-refractivity contribution in [3.05, 3.63) is 63.7 Å². The summed E-state index contributed by atoms with van der Waals surface area (Å²) >= 11 is 0. The Morgan fingerprint density at radius 3 is 2.63 bits per heavy atom. The van der Waals surface area contributed by atoms with Gasteiger partial charge in [0.2, 0.25) is 5.82 Å². The molecule has 3 rings (SSSR count). The average Bonchev–Trinajstić information content (AvgIpc) is 3.10. The van der Waals surface area contributed by atoms with Gasteiger partial charge in [0, 0.05) is 17.7 Å². The number of nitrogens with zero attached hydrogens (tertiary/aromatic N) is 3. The molecule has 0 radical (unpaired) electrons. The van der Waals surface area contributed by atoms with Gasteiger partial charge in [-0.05, 0) is 47.9 Å². The summed E-state index contributed by atoms with van der Waals surface area (Å²) in [6.45, 7) is 3.58. The van der Waals surface area contributed by atoms with Crippen LogP contribution < -0.4 is 10.1 Å². The number of ether oxygens (including phenoxy) is 1. The minimum Gasteiger partial charge on any atom is -0.484 e. The van der Waals surface area contributed by atoms with Gasteiger partial charge in [0.1, 0.15) is 5.75 Å². The van der Waals surface area contributed by atoms with Gasteiger partial charge in [-0.2, -0.15) is 0 Å². The normalized spacial score (nSPS) is 10.4. The fraction of sp³-hybridized carbons (Fsp3) is 0.167. The number of rotatable bonds is 6. The van der Waals surface area contributed by atoms with Gasteiger partial charge < -0.3 is 10.1 Å². The molecule has 0 atom stereocenters. The molecule has 27 heavy (non-hydrogen) atoms. The number of hydrogen-bond donors (Lipinski definition) is 1. The van der Waals surface area contributed by atoms with E-state index in [1.807, 2.05) is 32.0 Å². The third-order valence-corrected chi connectivity index (χ3v) is 3.81. The monoisotopic (exact) mass is 368 g/mol. The molecule has 0 unspecified atom stereocenters. The molecule has 1 heterocycles. The molecule has 1 aromatic heterocycles. The molecule has 0 aliphatic heterocycles. The maximum absolute atomic E-state index is 12.1. The van der Waals surface area contributed by atoms with E-state index >= 15 is 0 Å². The van der Waals surface area contributed by atoms with E-state index in [2.05, 4.69) is 15.6 Å². The SMILES string of the molecule is Cc1ccc(C)c(-c2nonc2NC(=O)COc2ccc([N+](=O)[O-])cc2)c1. The third kappa shape index (κ3) is 4.27. The Kier molecular flexibility index (Phi) is 5.11. The van der Waals surface area contributed by atoms with Gasteiger partial charge in [0.15, 0.2) is 12.3 Å². The van der Waals surface area contributed by atoms with Crippen LogP contribution in [0.4, 0.5) is 11.5 Å². The first kappa shape index (κ1) is 18.1. The largest absolute Gasteiger partial charge is 0.484 e. The van der Waals surface area contributed by atoms with Gasteiger partial charge in [0.05, 0.1) is 4.92 Å². The Morgan fingerprint density at radius 1 is 1.19 bits per heavy atom. The number of benzene rings is 2. The number of nitrogens with one attached hydrogen (secondary N) is 1. The minimum atomic E-state index is -0.511. The molecule has 0 spiro atoms. The van der Waals surface area contributed by atoms with Crippen molar-refractivity contribution in [2.24, 2.45) is 0 Å². The molecule has 0 bridgehead atoms. The van der Waals surface area contributed by atoms with Crippen molar-refractivity contribution in [2.75, 3.05) is 11.9 Å². The first-order chi connectivity index (χ1) is 12.9. The van der Waals surface area contributed by atoms with Crippen LogP contribution in [0.15, 0.2) is 47.1 Å². The lowest BCUT2D eigenvalue weighted by molar-refractivity contribution is -0.384. The van der Waals surface area contributed by atoms with E-state index < -0.39 is 10.8 Å². The molecule has 9 heteroatoms. The zero-order valence-corrected chi connectivity index (χ0v) is 14.6. The van der Waals surface area contributed by atoms with E-state index in [9.17, 15) is 14.9 Å². The molecule has 1 amide bonds. The number of anilines is 1. The van der Waals surface area contributed by atoms with E-state index in [4.69, 9.17) is 9.37 Å². The van der Waals surface area contributed by atoms with Crippen molar-refractivity contribution in [2.45, 2.75) is 13.8 Å². The summed E-state index contributed by atoms with van der Waals surface area (Å²) in [7, 11) is 0. The van der Waals surface area contributed by atoms with Crippen molar-refractivity contribution in [3.8, 4) is 17.0 Å². The highest BCUT2D eigenvalue weighted by atomic mass is 16.6. The quantitative estimate of drug-likeness (QED) is 0.523. The number of aryl methyl sites for hydroxylation is 2. The first-order valence-electron chi connectivity index (χ1n) is 8.01. The van der Waals surface area contributed by atoms with E-state index in [1.165, 1.54) is 24.3 Å². The fourth-order valence-electron chi connectivity index (χ4n) is 2.42. The van der Waals surface area contributed by atoms with Crippen LogP contribution in [-0.4, -0.2) is 27.8 Å². The van der Waals surface area contributed by atoms with Crippen LogP contribution in [0.1, 0.15) is 11.1 Å². The topological polar surface area (TPSA) is 120 Å². The van der Waals surface area contributed by atoms with Gasteiger partial charge in [-0.1, -0.05) is 17.7 Å². The highest BCUT2D eigenvalue weighted by Crippen LogP contribution is 2.28. The molecule has 3 aromatic rings. The predicted molar refractivity (Wildman–Crippen MR) is 96.4 cm³/mol. The predicted octanol–water partition coefficient (Wildman–Crippen LogP) is 3.28. The fourth-order valence-corrected chi connectivity index (χ4v) is 2.42. The lowest BCUT2D eigenvalue weighted by Crippen LogP contribution is -2.20. The number of nitro groups is 1. The second-order valence-electron chi connectivity index (χ2n) is 5.87. The van der Waals surface area contributed by atoms with Gasteiger partial charge in [-0.25, -0.2) is 4.63 Å². The second-order valence-corrected chi connectivity index (χ2v) is 5.87. The zero-order chi connectivity index (χ0) is 19.4. The summed E-state index contributed by atoms with van der Waals surface area (Å²) in [5.74, 6) is 0.0698. The molecule has 9 nitrogen and oxygen atoms in total. The molecule has 0 saturated carbocycles. The molecule has 1 N–H and O–H groups in total. The summed E-state index contributed by atoms with van der Waals surface area (Å²) in [5.41, 5.74) is 3.19. The van der Waals surface area contributed by atoms with Crippen LogP contribution >= 0.6 is 0 Å². The number of hydrogen-bond acceptors (Lipinski definition) is 7. The van der Waals surface area contributed by atoms with E-state index in [-0.39, 0.29) is 18.1 Å². The molecule has 0 aliphatic carbocycles. The summed E-state index contributed by atoms with van der Waals surface area (Å²) in [6.07, 6.45) is 0. The van der Waals surface area contributed by atoms with Gasteiger partial charge in [0.25, 0.3) is 11.6 Å². The second kappa shape index (κ2) is 7.65. The highest BCUT2D eigenvalue weighted by Gasteiger charge is 2.17. The smallest absolute Gasteiger partial charge is 0.269 e. The van der Waals surface area contributed by atoms with Gasteiger partial charge in [-0.3, -0.25) is 14.9 Å². The lowest BCUT2D eigenvalue weighted by Gasteiger charge is -2.07. The number of carbonyl (C=O) groups is 1. The Balaban J connectivity index is 1.66. The summed E-state index contributed by atoms with van der Waals surface area (Å²) < 4.78 is 10.1. The molecule has 0 saturated heterocycles. The summed E-state index contributed by atoms with van der Waals surface area (Å²) in [5, 5.41) is 20.8. The highest BCUT2D eigenvalue weighted by molar-refractivity contribution is 5.94. The van der Waals surface area contributed by atoms with Crippen molar-refractivity contribution in [3.63, 3.8) is 0 Å². The molecule has 138 valence electrons. The van der Waals surface area contributed by atoms with Gasteiger partial charge >= 0.3 is 0 Å². The maximum atomic E-state index is 12.1. The average molecular weight is 368 g/mol.